The number of methoxy groups -OCH3 is 1. The average Bonchev–Trinajstić information content (AvgIpc) is 2.59. The van der Waals surface area contributed by atoms with Crippen LogP contribution in [0.4, 0.5) is 0 Å². The quantitative estimate of drug-likeness (QED) is 0.521. The molecule has 0 fully saturated rings. The summed E-state index contributed by atoms with van der Waals surface area (Å²) in [5.74, 6) is 1.46. The van der Waals surface area contributed by atoms with Gasteiger partial charge in [-0.15, -0.1) is 0 Å². The van der Waals surface area contributed by atoms with Gasteiger partial charge in [0.25, 0.3) is 5.91 Å². The van der Waals surface area contributed by atoms with Gasteiger partial charge in [-0.25, -0.2) is 0 Å². The number of halogens is 1. The van der Waals surface area contributed by atoms with Gasteiger partial charge in [0.1, 0.15) is 11.5 Å². The van der Waals surface area contributed by atoms with Crippen LogP contribution in [0.2, 0.25) is 0 Å². The van der Waals surface area contributed by atoms with E-state index in [0.717, 1.165) is 22.2 Å². The fourth-order valence-electron chi connectivity index (χ4n) is 2.04. The van der Waals surface area contributed by atoms with Crippen molar-refractivity contribution >= 4 is 28.5 Å². The van der Waals surface area contributed by atoms with E-state index in [-0.39, 0.29) is 12.5 Å². The molecule has 2 rings (SSSR count). The zero-order valence-electron chi connectivity index (χ0n) is 13.0. The Hall–Kier alpha value is -1.76. The standard InChI is InChI=1S/C18H20INO3/c1-22-16-8-4-14(5-9-16)3-2-12-20-18(21)13-23-17-10-6-15(19)7-11-17/h4-11H,2-3,12-13H2,1H3,(H,20,21). The Labute approximate surface area is 150 Å². The highest BCUT2D eigenvalue weighted by molar-refractivity contribution is 14.1. The molecule has 122 valence electrons. The molecule has 0 unspecified atom stereocenters. The van der Waals surface area contributed by atoms with Gasteiger partial charge in [-0.05, 0) is 77.4 Å². The Bertz CT molecular complexity index is 611. The Morgan fingerprint density at radius 1 is 1.04 bits per heavy atom. The molecule has 0 bridgehead atoms. The van der Waals surface area contributed by atoms with Crippen molar-refractivity contribution in [3.8, 4) is 11.5 Å². The van der Waals surface area contributed by atoms with Gasteiger partial charge >= 0.3 is 0 Å². The average molecular weight is 425 g/mol. The second-order valence-electron chi connectivity index (χ2n) is 5.04. The fraction of sp³-hybridized carbons (Fsp3) is 0.278. The Morgan fingerprint density at radius 3 is 2.35 bits per heavy atom. The number of amides is 1. The van der Waals surface area contributed by atoms with Gasteiger partial charge in [-0.2, -0.15) is 0 Å². The summed E-state index contributed by atoms with van der Waals surface area (Å²) in [5.41, 5.74) is 1.23. The molecule has 0 radical (unpaired) electrons. The van der Waals surface area contributed by atoms with Crippen LogP contribution >= 0.6 is 22.6 Å². The van der Waals surface area contributed by atoms with E-state index in [1.54, 1.807) is 7.11 Å². The maximum absolute atomic E-state index is 11.7. The number of hydrogen-bond donors (Lipinski definition) is 1. The molecule has 2 aromatic carbocycles. The summed E-state index contributed by atoms with van der Waals surface area (Å²) >= 11 is 2.23. The lowest BCUT2D eigenvalue weighted by Crippen LogP contribution is -2.29. The van der Waals surface area contributed by atoms with E-state index in [0.29, 0.717) is 12.3 Å². The van der Waals surface area contributed by atoms with Crippen molar-refractivity contribution in [3.63, 3.8) is 0 Å². The van der Waals surface area contributed by atoms with Crippen LogP contribution in [0.1, 0.15) is 12.0 Å². The first-order chi connectivity index (χ1) is 11.2. The van der Waals surface area contributed by atoms with Gasteiger partial charge in [0.05, 0.1) is 7.11 Å². The van der Waals surface area contributed by atoms with Crippen LogP contribution in [0.15, 0.2) is 48.5 Å². The number of carbonyl (C=O) groups is 1. The molecule has 0 aliphatic carbocycles. The van der Waals surface area contributed by atoms with E-state index in [1.165, 1.54) is 5.56 Å². The molecule has 5 heteroatoms. The first kappa shape index (κ1) is 17.6. The number of carbonyl (C=O) groups excluding carboxylic acids is 1. The molecule has 0 saturated carbocycles. The first-order valence-electron chi connectivity index (χ1n) is 7.45. The van der Waals surface area contributed by atoms with Crippen molar-refractivity contribution in [3.05, 3.63) is 57.7 Å². The molecular formula is C18H20INO3. The Morgan fingerprint density at radius 2 is 1.70 bits per heavy atom. The van der Waals surface area contributed by atoms with Crippen molar-refractivity contribution in [2.75, 3.05) is 20.3 Å². The minimum atomic E-state index is -0.0988. The SMILES string of the molecule is COc1ccc(CCCNC(=O)COc2ccc(I)cc2)cc1. The number of rotatable bonds is 8. The lowest BCUT2D eigenvalue weighted by Gasteiger charge is -2.08. The van der Waals surface area contributed by atoms with E-state index in [2.05, 4.69) is 27.9 Å². The van der Waals surface area contributed by atoms with Crippen LogP contribution in [0.25, 0.3) is 0 Å². The topological polar surface area (TPSA) is 47.6 Å². The normalized spacial score (nSPS) is 10.2. The third-order valence-corrected chi connectivity index (χ3v) is 4.03. The Balaban J connectivity index is 1.61. The second kappa shape index (κ2) is 9.39. The lowest BCUT2D eigenvalue weighted by atomic mass is 10.1. The molecule has 1 N–H and O–H groups in total. The minimum absolute atomic E-state index is 0.0448. The monoisotopic (exact) mass is 425 g/mol. The number of aryl methyl sites for hydroxylation is 1. The summed E-state index contributed by atoms with van der Waals surface area (Å²) in [5, 5.41) is 2.87. The van der Waals surface area contributed by atoms with Crippen LogP contribution in [0.3, 0.4) is 0 Å². The third kappa shape index (κ3) is 6.48. The van der Waals surface area contributed by atoms with E-state index in [4.69, 9.17) is 9.47 Å². The maximum atomic E-state index is 11.7. The van der Waals surface area contributed by atoms with Crippen LogP contribution in [-0.4, -0.2) is 26.2 Å². The van der Waals surface area contributed by atoms with E-state index in [9.17, 15) is 4.79 Å². The number of nitrogens with one attached hydrogen (secondary N) is 1. The second-order valence-corrected chi connectivity index (χ2v) is 6.29. The largest absolute Gasteiger partial charge is 0.497 e. The van der Waals surface area contributed by atoms with Gasteiger partial charge < -0.3 is 14.8 Å². The van der Waals surface area contributed by atoms with Gasteiger partial charge in [0, 0.05) is 10.1 Å². The number of ether oxygens (including phenoxy) is 2. The van der Waals surface area contributed by atoms with Gasteiger partial charge in [-0.3, -0.25) is 4.79 Å². The van der Waals surface area contributed by atoms with Crippen molar-refractivity contribution in [1.82, 2.24) is 5.32 Å². The van der Waals surface area contributed by atoms with Crippen LogP contribution in [0, 0.1) is 3.57 Å². The molecule has 23 heavy (non-hydrogen) atoms. The van der Waals surface area contributed by atoms with E-state index < -0.39 is 0 Å². The van der Waals surface area contributed by atoms with Crippen molar-refractivity contribution in [2.45, 2.75) is 12.8 Å². The molecule has 0 aliphatic heterocycles. The van der Waals surface area contributed by atoms with Gasteiger partial charge in [0.2, 0.25) is 0 Å². The van der Waals surface area contributed by atoms with Gasteiger partial charge in [-0.1, -0.05) is 12.1 Å². The fourth-order valence-corrected chi connectivity index (χ4v) is 2.40. The van der Waals surface area contributed by atoms with Crippen molar-refractivity contribution in [2.24, 2.45) is 0 Å². The highest BCUT2D eigenvalue weighted by atomic mass is 127. The summed E-state index contributed by atoms with van der Waals surface area (Å²) in [6.07, 6.45) is 1.81. The summed E-state index contributed by atoms with van der Waals surface area (Å²) in [6.45, 7) is 0.685. The summed E-state index contributed by atoms with van der Waals surface area (Å²) in [4.78, 5) is 11.7. The van der Waals surface area contributed by atoms with Crippen molar-refractivity contribution in [1.29, 1.82) is 0 Å². The molecule has 2 aromatic rings. The highest BCUT2D eigenvalue weighted by Crippen LogP contribution is 2.13. The predicted molar refractivity (Wildman–Crippen MR) is 99.0 cm³/mol. The van der Waals surface area contributed by atoms with Gasteiger partial charge in [0.15, 0.2) is 6.61 Å². The lowest BCUT2D eigenvalue weighted by molar-refractivity contribution is -0.123. The molecule has 0 aliphatic rings. The Kier molecular flexibility index (Phi) is 7.19. The molecule has 0 spiro atoms. The molecule has 4 nitrogen and oxygen atoms in total. The molecule has 0 saturated heterocycles. The number of hydrogen-bond acceptors (Lipinski definition) is 3. The molecule has 0 atom stereocenters. The zero-order chi connectivity index (χ0) is 16.5. The molecule has 0 aromatic heterocycles. The van der Waals surface area contributed by atoms with Crippen molar-refractivity contribution < 1.29 is 14.3 Å². The van der Waals surface area contributed by atoms with Crippen LogP contribution in [0.5, 0.6) is 11.5 Å². The summed E-state index contributed by atoms with van der Waals surface area (Å²) in [6, 6.07) is 15.6. The maximum Gasteiger partial charge on any atom is 0.257 e. The van der Waals surface area contributed by atoms with E-state index in [1.807, 2.05) is 48.5 Å². The smallest absolute Gasteiger partial charge is 0.257 e. The molecule has 1 amide bonds. The predicted octanol–water partition coefficient (Wildman–Crippen LogP) is 3.43. The van der Waals surface area contributed by atoms with Crippen LogP contribution < -0.4 is 14.8 Å². The molecular weight excluding hydrogens is 405 g/mol. The minimum Gasteiger partial charge on any atom is -0.497 e. The zero-order valence-corrected chi connectivity index (χ0v) is 15.2. The van der Waals surface area contributed by atoms with Crippen LogP contribution in [-0.2, 0) is 11.2 Å². The third-order valence-electron chi connectivity index (χ3n) is 3.31. The summed E-state index contributed by atoms with van der Waals surface area (Å²) in [7, 11) is 1.66. The number of benzene rings is 2. The summed E-state index contributed by atoms with van der Waals surface area (Å²) < 4.78 is 11.7. The molecule has 0 heterocycles. The van der Waals surface area contributed by atoms with E-state index >= 15 is 0 Å². The first-order valence-corrected chi connectivity index (χ1v) is 8.53. The highest BCUT2D eigenvalue weighted by Gasteiger charge is 2.02.